The molecule has 0 unspecified atom stereocenters. The van der Waals surface area contributed by atoms with Crippen LogP contribution in [0.4, 0.5) is 0 Å². The Morgan fingerprint density at radius 2 is 1.65 bits per heavy atom. The number of aliphatic hydroxyl groups excluding tert-OH is 4. The van der Waals surface area contributed by atoms with Crippen molar-refractivity contribution in [3.8, 4) is 12.3 Å². The molecule has 0 aliphatic heterocycles. The van der Waals surface area contributed by atoms with Gasteiger partial charge in [-0.2, -0.15) is 0 Å². The molecule has 0 heterocycles. The fraction of sp³-hybridized carbons (Fsp3) is 0.450. The van der Waals surface area contributed by atoms with Crippen molar-refractivity contribution < 1.29 is 39.9 Å². The zero-order valence-corrected chi connectivity index (χ0v) is 16.6. The number of carbonyl (C=O) groups is 3. The number of aliphatic carboxylic acids is 1. The first-order valence-electron chi connectivity index (χ1n) is 9.33. The van der Waals surface area contributed by atoms with E-state index in [1.54, 1.807) is 30.3 Å². The second-order valence-electron chi connectivity index (χ2n) is 6.81. The summed E-state index contributed by atoms with van der Waals surface area (Å²) in [7, 11) is 0. The number of hydrogen-bond donors (Lipinski definition) is 8. The molecule has 1 rings (SSSR count). The van der Waals surface area contributed by atoms with Crippen LogP contribution in [-0.2, 0) is 14.4 Å². The molecule has 11 heteroatoms. The van der Waals surface area contributed by atoms with Gasteiger partial charge in [0.05, 0.1) is 31.2 Å². The fourth-order valence-electron chi connectivity index (χ4n) is 2.70. The number of aliphatic hydroxyl groups is 4. The Hall–Kier alpha value is -3.01. The molecule has 0 saturated carbocycles. The minimum Gasteiger partial charge on any atom is -0.481 e. The predicted octanol–water partition coefficient (Wildman–Crippen LogP) is -2.77. The molecule has 0 fully saturated rings. The summed E-state index contributed by atoms with van der Waals surface area (Å²) < 4.78 is 0. The van der Waals surface area contributed by atoms with E-state index in [4.69, 9.17) is 17.3 Å². The molecule has 1 aromatic carbocycles. The van der Waals surface area contributed by atoms with Gasteiger partial charge in [-0.25, -0.2) is 0 Å². The van der Waals surface area contributed by atoms with Gasteiger partial charge < -0.3 is 41.9 Å². The first kappa shape index (κ1) is 26.0. The first-order valence-corrected chi connectivity index (χ1v) is 9.33. The molecule has 0 spiro atoms. The number of carboxylic acid groups (broad SMARTS) is 1. The van der Waals surface area contributed by atoms with Crippen molar-refractivity contribution in [1.29, 1.82) is 0 Å². The van der Waals surface area contributed by atoms with Gasteiger partial charge in [0.15, 0.2) is 6.10 Å². The maximum absolute atomic E-state index is 12.4. The van der Waals surface area contributed by atoms with E-state index >= 15 is 0 Å². The summed E-state index contributed by atoms with van der Waals surface area (Å²) in [6, 6.07) is 4.49. The molecule has 0 radical (unpaired) electrons. The Morgan fingerprint density at radius 3 is 2.16 bits per heavy atom. The van der Waals surface area contributed by atoms with Crippen LogP contribution in [0, 0.1) is 12.3 Å². The number of carboxylic acids is 1. The second-order valence-corrected chi connectivity index (χ2v) is 6.81. The summed E-state index contributed by atoms with van der Waals surface area (Å²) in [6.07, 6.45) is -1.82. The number of carbonyl (C=O) groups excluding carboxylic acids is 2. The molecule has 0 aliphatic rings. The van der Waals surface area contributed by atoms with Gasteiger partial charge >= 0.3 is 5.97 Å². The van der Waals surface area contributed by atoms with Crippen LogP contribution in [0.15, 0.2) is 30.3 Å². The number of rotatable bonds is 12. The van der Waals surface area contributed by atoms with Crippen LogP contribution in [0.5, 0.6) is 0 Å². The lowest BCUT2D eigenvalue weighted by molar-refractivity contribution is -0.145. The van der Waals surface area contributed by atoms with Crippen molar-refractivity contribution in [2.75, 3.05) is 6.61 Å². The average Bonchev–Trinajstić information content (AvgIpc) is 2.75. The molecule has 31 heavy (non-hydrogen) atoms. The SMILES string of the molecule is C#CC[C@H](N)C(=O)N[C@@H](CO)[C@@H](O)[C@@H](O)[C@H](O)C(=O)N[C@@H](CC(=O)O)c1ccccc1. The lowest BCUT2D eigenvalue weighted by atomic mass is 9.99. The minimum absolute atomic E-state index is 0.113. The highest BCUT2D eigenvalue weighted by Crippen LogP contribution is 2.17. The molecule has 0 bridgehead atoms. The molecule has 1 aromatic rings. The molecule has 0 aromatic heterocycles. The molecule has 2 amide bonds. The smallest absolute Gasteiger partial charge is 0.305 e. The average molecular weight is 437 g/mol. The third kappa shape index (κ3) is 7.97. The molecular weight excluding hydrogens is 410 g/mol. The summed E-state index contributed by atoms with van der Waals surface area (Å²) in [5.41, 5.74) is 5.97. The van der Waals surface area contributed by atoms with E-state index in [1.807, 2.05) is 0 Å². The monoisotopic (exact) mass is 437 g/mol. The first-order chi connectivity index (χ1) is 14.6. The van der Waals surface area contributed by atoms with Crippen molar-refractivity contribution in [2.45, 2.75) is 49.3 Å². The van der Waals surface area contributed by atoms with Crippen LogP contribution < -0.4 is 16.4 Å². The lowest BCUT2D eigenvalue weighted by Crippen LogP contribution is -2.58. The van der Waals surface area contributed by atoms with E-state index in [9.17, 15) is 34.8 Å². The van der Waals surface area contributed by atoms with Gasteiger partial charge in [0, 0.05) is 6.42 Å². The maximum atomic E-state index is 12.4. The third-order valence-corrected chi connectivity index (χ3v) is 4.45. The maximum Gasteiger partial charge on any atom is 0.305 e. The zero-order chi connectivity index (χ0) is 23.6. The van der Waals surface area contributed by atoms with Gasteiger partial charge in [0.1, 0.15) is 12.2 Å². The highest BCUT2D eigenvalue weighted by atomic mass is 16.4. The van der Waals surface area contributed by atoms with Crippen molar-refractivity contribution >= 4 is 17.8 Å². The number of benzene rings is 1. The highest BCUT2D eigenvalue weighted by Gasteiger charge is 2.37. The minimum atomic E-state index is -2.19. The molecule has 9 N–H and O–H groups in total. The molecular formula is C20H27N3O8. The Bertz CT molecular complexity index is 782. The Labute approximate surface area is 178 Å². The van der Waals surface area contributed by atoms with E-state index in [2.05, 4.69) is 16.6 Å². The predicted molar refractivity (Wildman–Crippen MR) is 108 cm³/mol. The van der Waals surface area contributed by atoms with E-state index in [1.165, 1.54) is 0 Å². The van der Waals surface area contributed by atoms with E-state index in [-0.39, 0.29) is 6.42 Å². The zero-order valence-electron chi connectivity index (χ0n) is 16.6. The van der Waals surface area contributed by atoms with Gasteiger partial charge in [-0.05, 0) is 5.56 Å². The Morgan fingerprint density at radius 1 is 1.03 bits per heavy atom. The molecule has 6 atom stereocenters. The normalized spacial score (nSPS) is 16.6. The fourth-order valence-corrected chi connectivity index (χ4v) is 2.70. The number of amides is 2. The summed E-state index contributed by atoms with van der Waals surface area (Å²) in [5.74, 6) is -1.01. The lowest BCUT2D eigenvalue weighted by Gasteiger charge is -2.30. The summed E-state index contributed by atoms with van der Waals surface area (Å²) in [5, 5.41) is 53.5. The molecule has 0 aliphatic carbocycles. The summed E-state index contributed by atoms with van der Waals surface area (Å²) >= 11 is 0. The number of terminal acetylenes is 1. The van der Waals surface area contributed by atoms with E-state index < -0.39 is 67.2 Å². The van der Waals surface area contributed by atoms with Crippen molar-refractivity contribution in [1.82, 2.24) is 10.6 Å². The molecule has 11 nitrogen and oxygen atoms in total. The molecule has 170 valence electrons. The summed E-state index contributed by atoms with van der Waals surface area (Å²) in [6.45, 7) is -0.841. The van der Waals surface area contributed by atoms with Gasteiger partial charge in [-0.3, -0.25) is 14.4 Å². The third-order valence-electron chi connectivity index (χ3n) is 4.45. The number of nitrogens with two attached hydrogens (primary N) is 1. The molecule has 0 saturated heterocycles. The summed E-state index contributed by atoms with van der Waals surface area (Å²) in [4.78, 5) is 35.4. The second kappa shape index (κ2) is 12.6. The van der Waals surface area contributed by atoms with Crippen LogP contribution in [0.2, 0.25) is 0 Å². The van der Waals surface area contributed by atoms with Crippen molar-refractivity contribution in [2.24, 2.45) is 5.73 Å². The number of nitrogens with one attached hydrogen (secondary N) is 2. The van der Waals surface area contributed by atoms with E-state index in [0.717, 1.165) is 0 Å². The van der Waals surface area contributed by atoms with Gasteiger partial charge in [0.2, 0.25) is 5.91 Å². The van der Waals surface area contributed by atoms with Gasteiger partial charge in [0.25, 0.3) is 5.91 Å². The van der Waals surface area contributed by atoms with Crippen molar-refractivity contribution in [3.63, 3.8) is 0 Å². The van der Waals surface area contributed by atoms with Gasteiger partial charge in [-0.1, -0.05) is 30.3 Å². The van der Waals surface area contributed by atoms with Crippen LogP contribution in [0.3, 0.4) is 0 Å². The van der Waals surface area contributed by atoms with Crippen LogP contribution in [0.25, 0.3) is 0 Å². The standard InChI is InChI=1S/C20H27N3O8/c1-2-6-12(21)19(30)23-14(10-24)16(27)17(28)18(29)20(31)22-13(9-15(25)26)11-7-4-3-5-8-11/h1,3-5,7-8,12-14,16-18,24,27-29H,6,9-10,21H2,(H,22,31)(H,23,30)(H,25,26)/t12-,13-,14-,16+,17+,18-/m0/s1. The Kier molecular flexibility index (Phi) is 10.6. The van der Waals surface area contributed by atoms with Crippen LogP contribution >= 0.6 is 0 Å². The quantitative estimate of drug-likeness (QED) is 0.159. The van der Waals surface area contributed by atoms with E-state index in [0.29, 0.717) is 5.56 Å². The van der Waals surface area contributed by atoms with Crippen molar-refractivity contribution in [3.05, 3.63) is 35.9 Å². The topological polar surface area (TPSA) is 202 Å². The largest absolute Gasteiger partial charge is 0.481 e. The van der Waals surface area contributed by atoms with Crippen LogP contribution in [0.1, 0.15) is 24.4 Å². The number of hydrogen-bond acceptors (Lipinski definition) is 8. The van der Waals surface area contributed by atoms with Crippen LogP contribution in [-0.4, -0.2) is 80.3 Å². The highest BCUT2D eigenvalue weighted by molar-refractivity contribution is 5.83. The van der Waals surface area contributed by atoms with Gasteiger partial charge in [-0.15, -0.1) is 12.3 Å². The Balaban J connectivity index is 2.84.